The van der Waals surface area contributed by atoms with E-state index in [1.807, 2.05) is 6.92 Å². The highest BCUT2D eigenvalue weighted by atomic mass is 32.2. The number of nitrogens with zero attached hydrogens (tertiary/aromatic N) is 2. The Morgan fingerprint density at radius 2 is 1.88 bits per heavy atom. The molecule has 0 fully saturated rings. The van der Waals surface area contributed by atoms with Gasteiger partial charge in [0.25, 0.3) is 10.2 Å². The van der Waals surface area contributed by atoms with Crippen LogP contribution in [0.3, 0.4) is 0 Å². The fourth-order valence-electron chi connectivity index (χ4n) is 1.49. The highest BCUT2D eigenvalue weighted by Crippen LogP contribution is 2.11. The number of hydrogen-bond acceptors (Lipinski definition) is 3. The lowest BCUT2D eigenvalue weighted by Gasteiger charge is -2.28. The lowest BCUT2D eigenvalue weighted by molar-refractivity contribution is 0.328. The standard InChI is InChI=1S/C11H27N3O2S/c1-5-11(3)10-14(6-2)17(15,16)13(4)9-7-8-12/h11H,5-10,12H2,1-4H3. The van der Waals surface area contributed by atoms with Crippen molar-refractivity contribution in [2.75, 3.05) is 33.2 Å². The van der Waals surface area contributed by atoms with Crippen molar-refractivity contribution in [3.63, 3.8) is 0 Å². The third-order valence-corrected chi connectivity index (χ3v) is 4.99. The van der Waals surface area contributed by atoms with Crippen LogP contribution in [0.4, 0.5) is 0 Å². The molecule has 0 saturated heterocycles. The normalized spacial score (nSPS) is 14.5. The Morgan fingerprint density at radius 3 is 2.29 bits per heavy atom. The molecule has 0 spiro atoms. The third kappa shape index (κ3) is 5.33. The molecule has 6 heteroatoms. The first-order chi connectivity index (χ1) is 7.89. The fraction of sp³-hybridized carbons (Fsp3) is 1.00. The third-order valence-electron chi connectivity index (χ3n) is 2.96. The Balaban J connectivity index is 4.62. The van der Waals surface area contributed by atoms with Crippen molar-refractivity contribution in [1.82, 2.24) is 8.61 Å². The van der Waals surface area contributed by atoms with Gasteiger partial charge in [0.1, 0.15) is 0 Å². The van der Waals surface area contributed by atoms with E-state index < -0.39 is 10.2 Å². The SMILES string of the molecule is CCC(C)CN(CC)S(=O)(=O)N(C)CCCN. The minimum absolute atomic E-state index is 0.382. The van der Waals surface area contributed by atoms with E-state index in [0.29, 0.717) is 38.5 Å². The molecule has 0 amide bonds. The molecule has 0 aliphatic carbocycles. The quantitative estimate of drug-likeness (QED) is 0.673. The zero-order chi connectivity index (χ0) is 13.5. The van der Waals surface area contributed by atoms with E-state index in [1.54, 1.807) is 7.05 Å². The van der Waals surface area contributed by atoms with Crippen LogP contribution in [0.1, 0.15) is 33.6 Å². The molecule has 0 aromatic heterocycles. The van der Waals surface area contributed by atoms with Crippen LogP contribution < -0.4 is 5.73 Å². The van der Waals surface area contributed by atoms with E-state index >= 15 is 0 Å². The predicted molar refractivity (Wildman–Crippen MR) is 71.9 cm³/mol. The van der Waals surface area contributed by atoms with E-state index in [4.69, 9.17) is 5.73 Å². The molecule has 2 N–H and O–H groups in total. The zero-order valence-electron chi connectivity index (χ0n) is 11.5. The van der Waals surface area contributed by atoms with Gasteiger partial charge in [-0.3, -0.25) is 0 Å². The minimum atomic E-state index is -3.32. The molecular weight excluding hydrogens is 238 g/mol. The first-order valence-corrected chi connectivity index (χ1v) is 7.71. The van der Waals surface area contributed by atoms with Gasteiger partial charge in [-0.25, -0.2) is 0 Å². The minimum Gasteiger partial charge on any atom is -0.330 e. The molecule has 0 aromatic carbocycles. The summed E-state index contributed by atoms with van der Waals surface area (Å²) in [7, 11) is -1.70. The molecule has 0 aliphatic rings. The van der Waals surface area contributed by atoms with Gasteiger partial charge in [0.15, 0.2) is 0 Å². The van der Waals surface area contributed by atoms with Crippen LogP contribution in [0.25, 0.3) is 0 Å². The summed E-state index contributed by atoms with van der Waals surface area (Å²) in [5.41, 5.74) is 5.40. The lowest BCUT2D eigenvalue weighted by Crippen LogP contribution is -2.44. The van der Waals surface area contributed by atoms with Gasteiger partial charge in [-0.15, -0.1) is 0 Å². The molecule has 0 aliphatic heterocycles. The second kappa shape index (κ2) is 8.02. The summed E-state index contributed by atoms with van der Waals surface area (Å²) in [5.74, 6) is 0.382. The molecule has 0 heterocycles. The summed E-state index contributed by atoms with van der Waals surface area (Å²) >= 11 is 0. The van der Waals surface area contributed by atoms with Gasteiger partial charge in [-0.1, -0.05) is 27.2 Å². The summed E-state index contributed by atoms with van der Waals surface area (Å²) in [4.78, 5) is 0. The summed E-state index contributed by atoms with van der Waals surface area (Å²) in [6.45, 7) is 8.10. The van der Waals surface area contributed by atoms with E-state index in [2.05, 4.69) is 13.8 Å². The molecule has 1 atom stereocenters. The highest BCUT2D eigenvalue weighted by molar-refractivity contribution is 7.86. The van der Waals surface area contributed by atoms with Gasteiger partial charge in [-0.2, -0.15) is 17.0 Å². The average molecular weight is 265 g/mol. The first kappa shape index (κ1) is 16.8. The zero-order valence-corrected chi connectivity index (χ0v) is 12.3. The van der Waals surface area contributed by atoms with Gasteiger partial charge >= 0.3 is 0 Å². The molecule has 0 rings (SSSR count). The van der Waals surface area contributed by atoms with E-state index in [9.17, 15) is 8.42 Å². The summed E-state index contributed by atoms with van der Waals surface area (Å²) in [6, 6.07) is 0. The highest BCUT2D eigenvalue weighted by Gasteiger charge is 2.25. The smallest absolute Gasteiger partial charge is 0.281 e. The topological polar surface area (TPSA) is 66.6 Å². The number of rotatable bonds is 9. The van der Waals surface area contributed by atoms with Crippen molar-refractivity contribution in [2.45, 2.75) is 33.6 Å². The van der Waals surface area contributed by atoms with Gasteiger partial charge in [0.05, 0.1) is 0 Å². The second-order valence-electron chi connectivity index (χ2n) is 4.44. The first-order valence-electron chi connectivity index (χ1n) is 6.31. The van der Waals surface area contributed by atoms with Crippen molar-refractivity contribution in [3.8, 4) is 0 Å². The van der Waals surface area contributed by atoms with Crippen molar-refractivity contribution < 1.29 is 8.42 Å². The Labute approximate surface area is 106 Å². The fourth-order valence-corrected chi connectivity index (χ4v) is 3.01. The molecule has 0 aromatic rings. The van der Waals surface area contributed by atoms with Crippen LogP contribution in [-0.2, 0) is 10.2 Å². The molecule has 0 saturated carbocycles. The van der Waals surface area contributed by atoms with Gasteiger partial charge in [0.2, 0.25) is 0 Å². The Hall–Kier alpha value is -0.170. The predicted octanol–water partition coefficient (Wildman–Crippen LogP) is 0.880. The maximum absolute atomic E-state index is 12.2. The van der Waals surface area contributed by atoms with Crippen molar-refractivity contribution in [3.05, 3.63) is 0 Å². The summed E-state index contributed by atoms with van der Waals surface area (Å²) in [6.07, 6.45) is 1.68. The number of nitrogens with two attached hydrogens (primary N) is 1. The van der Waals surface area contributed by atoms with Crippen LogP contribution in [0.15, 0.2) is 0 Å². The monoisotopic (exact) mass is 265 g/mol. The van der Waals surface area contributed by atoms with Crippen molar-refractivity contribution in [2.24, 2.45) is 11.7 Å². The molecule has 0 bridgehead atoms. The van der Waals surface area contributed by atoms with Crippen LogP contribution >= 0.6 is 0 Å². The molecule has 17 heavy (non-hydrogen) atoms. The van der Waals surface area contributed by atoms with E-state index in [0.717, 1.165) is 6.42 Å². The van der Waals surface area contributed by atoms with Gasteiger partial charge in [-0.05, 0) is 18.9 Å². The largest absolute Gasteiger partial charge is 0.330 e. The van der Waals surface area contributed by atoms with Crippen LogP contribution in [0.2, 0.25) is 0 Å². The summed E-state index contributed by atoms with van der Waals surface area (Å²) in [5, 5.41) is 0. The molecule has 1 unspecified atom stereocenters. The second-order valence-corrected chi connectivity index (χ2v) is 6.47. The average Bonchev–Trinajstić information content (AvgIpc) is 2.31. The Morgan fingerprint density at radius 1 is 1.29 bits per heavy atom. The molecule has 104 valence electrons. The van der Waals surface area contributed by atoms with Crippen LogP contribution in [-0.4, -0.2) is 50.3 Å². The van der Waals surface area contributed by atoms with Gasteiger partial charge < -0.3 is 5.73 Å². The maximum atomic E-state index is 12.2. The lowest BCUT2D eigenvalue weighted by atomic mass is 10.1. The van der Waals surface area contributed by atoms with Crippen molar-refractivity contribution in [1.29, 1.82) is 0 Å². The number of hydrogen-bond donors (Lipinski definition) is 1. The van der Waals surface area contributed by atoms with E-state index in [1.165, 1.54) is 8.61 Å². The van der Waals surface area contributed by atoms with Crippen LogP contribution in [0.5, 0.6) is 0 Å². The Bertz CT molecular complexity index is 293. The molecule has 0 radical (unpaired) electrons. The van der Waals surface area contributed by atoms with Crippen LogP contribution in [0, 0.1) is 5.92 Å². The maximum Gasteiger partial charge on any atom is 0.281 e. The molecule has 5 nitrogen and oxygen atoms in total. The summed E-state index contributed by atoms with van der Waals surface area (Å²) < 4.78 is 27.4. The molecular formula is C11H27N3O2S. The Kier molecular flexibility index (Phi) is 7.94. The van der Waals surface area contributed by atoms with E-state index in [-0.39, 0.29) is 0 Å². The van der Waals surface area contributed by atoms with Crippen molar-refractivity contribution >= 4 is 10.2 Å². The van der Waals surface area contributed by atoms with Gasteiger partial charge in [0, 0.05) is 26.7 Å².